The number of nitrogens with zero attached hydrogens (tertiary/aromatic N) is 2. The summed E-state index contributed by atoms with van der Waals surface area (Å²) in [5.41, 5.74) is 13.7. The van der Waals surface area contributed by atoms with Crippen molar-refractivity contribution in [2.75, 3.05) is 26.2 Å². The highest BCUT2D eigenvalue weighted by Gasteiger charge is 2.39. The Labute approximate surface area is 320 Å². The second-order valence-corrected chi connectivity index (χ2v) is 15.2. The first-order valence-corrected chi connectivity index (χ1v) is 19.7. The molecule has 8 N–H and O–H groups in total. The van der Waals surface area contributed by atoms with Crippen molar-refractivity contribution in [1.82, 2.24) is 25.8 Å². The van der Waals surface area contributed by atoms with E-state index >= 15 is 0 Å². The quantitative estimate of drug-likeness (QED) is 0.110. The molecule has 0 aromatic heterocycles. The third-order valence-electron chi connectivity index (χ3n) is 10.5. The molecule has 13 heteroatoms. The first-order chi connectivity index (χ1) is 26.0. The van der Waals surface area contributed by atoms with Gasteiger partial charge in [-0.3, -0.25) is 28.9 Å². The fraction of sp³-hybridized carbons (Fsp3) is 0.585. The Kier molecular flexibility index (Phi) is 16.9. The van der Waals surface area contributed by atoms with Gasteiger partial charge in [0.1, 0.15) is 24.2 Å². The summed E-state index contributed by atoms with van der Waals surface area (Å²) in [4.78, 5) is 71.1. The maximum atomic E-state index is 14.1. The molecule has 5 atom stereocenters. The minimum absolute atomic E-state index is 0.0282. The number of rotatable bonds is 20. The van der Waals surface area contributed by atoms with Gasteiger partial charge < -0.3 is 37.4 Å². The topological polar surface area (TPSA) is 200 Å². The van der Waals surface area contributed by atoms with Crippen LogP contribution in [0.15, 0.2) is 60.7 Å². The molecule has 13 nitrogen and oxygen atoms in total. The number of piperidine rings is 1. The lowest BCUT2D eigenvalue weighted by atomic mass is 9.98. The number of carbonyl (C=O) groups is 5. The Morgan fingerprint density at radius 3 is 1.91 bits per heavy atom. The van der Waals surface area contributed by atoms with Gasteiger partial charge in [-0.15, -0.1) is 0 Å². The number of aliphatic carboxylic acids is 1. The van der Waals surface area contributed by atoms with Crippen molar-refractivity contribution < 1.29 is 29.1 Å². The molecule has 4 rings (SSSR count). The van der Waals surface area contributed by atoms with Crippen molar-refractivity contribution >= 4 is 29.6 Å². The van der Waals surface area contributed by atoms with Crippen LogP contribution in [0.1, 0.15) is 82.8 Å². The van der Waals surface area contributed by atoms with Crippen LogP contribution in [0.3, 0.4) is 0 Å². The number of carboxylic acid groups (broad SMARTS) is 1. The number of nitrogens with two attached hydrogens (primary N) is 2. The van der Waals surface area contributed by atoms with E-state index < -0.39 is 53.9 Å². The van der Waals surface area contributed by atoms with Crippen molar-refractivity contribution in [3.63, 3.8) is 0 Å². The van der Waals surface area contributed by atoms with E-state index in [1.807, 2.05) is 74.5 Å². The maximum absolute atomic E-state index is 14.1. The lowest BCUT2D eigenvalue weighted by Gasteiger charge is -2.39. The van der Waals surface area contributed by atoms with E-state index in [9.17, 15) is 29.1 Å². The van der Waals surface area contributed by atoms with Gasteiger partial charge in [-0.1, -0.05) is 87.4 Å². The average Bonchev–Trinajstić information content (AvgIpc) is 3.67. The second-order valence-electron chi connectivity index (χ2n) is 15.2. The minimum Gasteiger partial charge on any atom is -0.480 e. The van der Waals surface area contributed by atoms with Gasteiger partial charge in [-0.05, 0) is 81.5 Å². The molecule has 54 heavy (non-hydrogen) atoms. The highest BCUT2D eigenvalue weighted by molar-refractivity contribution is 5.95. The Balaban J connectivity index is 1.45. The molecule has 0 aliphatic carbocycles. The third-order valence-corrected chi connectivity index (χ3v) is 10.5. The van der Waals surface area contributed by atoms with Crippen LogP contribution in [0.2, 0.25) is 0 Å². The number of carbonyl (C=O) groups excluding carboxylic acids is 4. The molecule has 2 aromatic carbocycles. The summed E-state index contributed by atoms with van der Waals surface area (Å²) in [6, 6.07) is 14.7. The van der Waals surface area contributed by atoms with Gasteiger partial charge >= 0.3 is 5.97 Å². The van der Waals surface area contributed by atoms with Gasteiger partial charge in [0.05, 0.1) is 6.04 Å². The summed E-state index contributed by atoms with van der Waals surface area (Å²) in [6.45, 7) is 6.13. The number of likely N-dealkylation sites (tertiary alicyclic amines) is 2. The monoisotopic (exact) mass is 747 g/mol. The summed E-state index contributed by atoms with van der Waals surface area (Å²) < 4.78 is 0. The van der Waals surface area contributed by atoms with Crippen molar-refractivity contribution in [3.05, 3.63) is 71.8 Å². The van der Waals surface area contributed by atoms with E-state index in [2.05, 4.69) is 20.9 Å². The van der Waals surface area contributed by atoms with Crippen molar-refractivity contribution in [2.45, 2.75) is 121 Å². The van der Waals surface area contributed by atoms with Crippen LogP contribution in [0.5, 0.6) is 0 Å². The Morgan fingerprint density at radius 1 is 0.741 bits per heavy atom. The molecular weight excluding hydrogens is 686 g/mol. The molecule has 2 aliphatic rings. The summed E-state index contributed by atoms with van der Waals surface area (Å²) >= 11 is 0. The van der Waals surface area contributed by atoms with Gasteiger partial charge in [0.25, 0.3) is 0 Å². The molecule has 0 unspecified atom stereocenters. The molecule has 296 valence electrons. The number of carboxylic acids is 1. The van der Waals surface area contributed by atoms with E-state index in [1.54, 1.807) is 4.90 Å². The predicted octanol–water partition coefficient (Wildman–Crippen LogP) is 2.36. The molecule has 0 bridgehead atoms. The highest BCUT2D eigenvalue weighted by atomic mass is 16.4. The maximum Gasteiger partial charge on any atom is 0.320 e. The van der Waals surface area contributed by atoms with Crippen molar-refractivity contribution in [2.24, 2.45) is 17.4 Å². The molecule has 0 saturated carbocycles. The number of nitrogens with one attached hydrogen (secondary N) is 3. The molecule has 2 aliphatic heterocycles. The van der Waals surface area contributed by atoms with E-state index in [0.717, 1.165) is 36.9 Å². The van der Waals surface area contributed by atoms with E-state index in [0.29, 0.717) is 64.6 Å². The molecule has 0 radical (unpaired) electrons. The van der Waals surface area contributed by atoms with Gasteiger partial charge in [-0.25, -0.2) is 0 Å². The Bertz CT molecular complexity index is 1500. The zero-order chi connectivity index (χ0) is 39.0. The van der Waals surface area contributed by atoms with Gasteiger partial charge in [0.2, 0.25) is 23.6 Å². The molecule has 2 heterocycles. The van der Waals surface area contributed by atoms with Crippen molar-refractivity contribution in [3.8, 4) is 0 Å². The number of hydrogen-bond acceptors (Lipinski definition) is 8. The molecule has 2 saturated heterocycles. The van der Waals surface area contributed by atoms with E-state index in [4.69, 9.17) is 11.5 Å². The fourth-order valence-electron chi connectivity index (χ4n) is 7.60. The van der Waals surface area contributed by atoms with Crippen LogP contribution in [0.25, 0.3) is 0 Å². The van der Waals surface area contributed by atoms with Gasteiger partial charge in [-0.2, -0.15) is 0 Å². The first kappa shape index (κ1) is 42.4. The lowest BCUT2D eigenvalue weighted by molar-refractivity contribution is -0.144. The standard InChI is InChI=1S/C41H61N7O6/c1-28(2)25-34(46-39(51)35(27-30-15-8-4-9-16-30)45-37(49)32(43)26-29-13-6-3-7-14-29)38(50)44-33(17-10-5-11-21-42)40(52)47-23-19-31(20-24-47)48-22-12-18-36(48)41(53)54/h3-4,6-9,13-16,28,31-36H,5,10-12,17-27,42-43H2,1-2H3,(H,44,50)(H,45,49)(H,46,51)(H,53,54)/t32-,33-,34-,35-,36+/m1/s1. The number of benzene rings is 2. The van der Waals surface area contributed by atoms with Crippen LogP contribution in [0.4, 0.5) is 0 Å². The summed E-state index contributed by atoms with van der Waals surface area (Å²) in [5, 5.41) is 18.4. The third kappa shape index (κ3) is 12.9. The normalized spacial score (nSPS) is 18.8. The smallest absolute Gasteiger partial charge is 0.320 e. The number of hydrogen-bond donors (Lipinski definition) is 6. The zero-order valence-corrected chi connectivity index (χ0v) is 32.0. The van der Waals surface area contributed by atoms with Gasteiger partial charge in [0, 0.05) is 25.6 Å². The van der Waals surface area contributed by atoms with E-state index in [-0.39, 0.29) is 24.3 Å². The Hall–Kier alpha value is -4.33. The largest absolute Gasteiger partial charge is 0.480 e. The van der Waals surface area contributed by atoms with Crippen LogP contribution >= 0.6 is 0 Å². The van der Waals surface area contributed by atoms with E-state index in [1.165, 1.54) is 0 Å². The van der Waals surface area contributed by atoms with Crippen molar-refractivity contribution in [1.29, 1.82) is 0 Å². The lowest BCUT2D eigenvalue weighted by Crippen LogP contribution is -2.59. The van der Waals surface area contributed by atoms with Crippen LogP contribution in [-0.4, -0.2) is 107 Å². The Morgan fingerprint density at radius 2 is 1.31 bits per heavy atom. The summed E-state index contributed by atoms with van der Waals surface area (Å²) in [7, 11) is 0. The average molecular weight is 748 g/mol. The second kappa shape index (κ2) is 21.5. The molecule has 2 fully saturated rings. The number of amides is 4. The summed E-state index contributed by atoms with van der Waals surface area (Å²) in [5.74, 6) is -2.41. The van der Waals surface area contributed by atoms with Crippen LogP contribution in [0, 0.1) is 5.92 Å². The SMILES string of the molecule is CC(C)C[C@@H](NC(=O)[C@@H](Cc1ccccc1)NC(=O)[C@H](N)Cc1ccccc1)C(=O)N[C@H](CCCCCN)C(=O)N1CCC(N2CCC[C@H]2C(=O)O)CC1. The van der Waals surface area contributed by atoms with Gasteiger partial charge in [0.15, 0.2) is 0 Å². The van der Waals surface area contributed by atoms with Crippen LogP contribution < -0.4 is 27.4 Å². The fourth-order valence-corrected chi connectivity index (χ4v) is 7.60. The predicted molar refractivity (Wildman–Crippen MR) is 208 cm³/mol. The summed E-state index contributed by atoms with van der Waals surface area (Å²) in [6.07, 6.45) is 6.34. The first-order valence-electron chi connectivity index (χ1n) is 19.7. The zero-order valence-electron chi connectivity index (χ0n) is 32.0. The van der Waals surface area contributed by atoms with Crippen LogP contribution in [-0.2, 0) is 36.8 Å². The molecule has 2 aromatic rings. The highest BCUT2D eigenvalue weighted by Crippen LogP contribution is 2.27. The number of unbranched alkanes of at least 4 members (excludes halogenated alkanes) is 2. The molecular formula is C41H61N7O6. The molecule has 0 spiro atoms. The minimum atomic E-state index is -1.00. The molecule has 4 amide bonds.